The molecule has 0 fully saturated rings. The zero-order valence-electron chi connectivity index (χ0n) is 12.6. The molecule has 5 heteroatoms. The molecule has 0 aliphatic rings. The Morgan fingerprint density at radius 2 is 1.71 bits per heavy atom. The summed E-state index contributed by atoms with van der Waals surface area (Å²) >= 11 is 0. The first-order valence-electron chi connectivity index (χ1n) is 7.03. The third-order valence-corrected chi connectivity index (χ3v) is 3.75. The van der Waals surface area contributed by atoms with Gasteiger partial charge in [0.1, 0.15) is 11.6 Å². The van der Waals surface area contributed by atoms with E-state index in [1.54, 1.807) is 18.2 Å². The monoisotopic (exact) mass is 323 g/mol. The van der Waals surface area contributed by atoms with Gasteiger partial charge in [0.15, 0.2) is 5.69 Å². The minimum Gasteiger partial charge on any atom is -0.465 e. The predicted octanol–water partition coefficient (Wildman–Crippen LogP) is 5.12. The van der Waals surface area contributed by atoms with Crippen molar-refractivity contribution in [3.63, 3.8) is 0 Å². The van der Waals surface area contributed by atoms with E-state index in [1.807, 2.05) is 0 Å². The van der Waals surface area contributed by atoms with Gasteiger partial charge in [-0.25, -0.2) is 18.4 Å². The number of benzene rings is 3. The van der Waals surface area contributed by atoms with Crippen LogP contribution in [0.15, 0.2) is 48.5 Å². The first-order valence-corrected chi connectivity index (χ1v) is 7.03. The molecule has 3 nitrogen and oxygen atoms in total. The van der Waals surface area contributed by atoms with Gasteiger partial charge in [-0.15, -0.1) is 0 Å². The highest BCUT2D eigenvalue weighted by molar-refractivity contribution is 6.06. The van der Waals surface area contributed by atoms with Crippen LogP contribution in [-0.4, -0.2) is 13.1 Å². The summed E-state index contributed by atoms with van der Waals surface area (Å²) < 4.78 is 33.2. The highest BCUT2D eigenvalue weighted by atomic mass is 19.1. The van der Waals surface area contributed by atoms with E-state index in [0.29, 0.717) is 10.8 Å². The predicted molar refractivity (Wildman–Crippen MR) is 86.9 cm³/mol. The van der Waals surface area contributed by atoms with Gasteiger partial charge in [0.05, 0.1) is 19.2 Å². The van der Waals surface area contributed by atoms with Crippen LogP contribution in [0.1, 0.15) is 10.4 Å². The van der Waals surface area contributed by atoms with Gasteiger partial charge < -0.3 is 4.74 Å². The van der Waals surface area contributed by atoms with Crippen molar-refractivity contribution < 1.29 is 18.3 Å². The second-order valence-electron chi connectivity index (χ2n) is 5.10. The fourth-order valence-electron chi connectivity index (χ4n) is 2.65. The molecule has 0 aliphatic carbocycles. The summed E-state index contributed by atoms with van der Waals surface area (Å²) in [5.74, 6) is -2.10. The van der Waals surface area contributed by atoms with E-state index in [2.05, 4.69) is 9.58 Å². The first-order chi connectivity index (χ1) is 11.6. The van der Waals surface area contributed by atoms with Crippen LogP contribution in [0.2, 0.25) is 0 Å². The van der Waals surface area contributed by atoms with Crippen LogP contribution in [-0.2, 0) is 4.74 Å². The molecular formula is C19H11F2NO2. The molecule has 0 bridgehead atoms. The molecule has 3 rings (SSSR count). The molecule has 0 saturated heterocycles. The number of carbonyl (C=O) groups excluding carboxylic acids is 1. The summed E-state index contributed by atoms with van der Waals surface area (Å²) in [5, 5.41) is 1.07. The SMILES string of the molecule is [C-]#[N+]c1ccc2ccc(C(=O)OC)cc2c1-c1c(F)cccc1F. The van der Waals surface area contributed by atoms with E-state index in [9.17, 15) is 13.6 Å². The molecule has 0 aromatic heterocycles. The third kappa shape index (κ3) is 2.48. The zero-order chi connectivity index (χ0) is 17.3. The van der Waals surface area contributed by atoms with Gasteiger partial charge in [0, 0.05) is 11.1 Å². The van der Waals surface area contributed by atoms with Crippen molar-refractivity contribution >= 4 is 22.4 Å². The standard InChI is InChI=1S/C19H11F2NO2/c1-22-16-9-8-11-6-7-12(19(23)24-2)10-13(11)17(16)18-14(20)4-3-5-15(18)21/h3-10H,2H3. The third-order valence-electron chi connectivity index (χ3n) is 3.75. The Bertz CT molecular complexity index is 986. The summed E-state index contributed by atoms with van der Waals surface area (Å²) in [6.45, 7) is 7.31. The normalized spacial score (nSPS) is 10.4. The summed E-state index contributed by atoms with van der Waals surface area (Å²) in [6, 6.07) is 11.4. The molecule has 3 aromatic carbocycles. The number of methoxy groups -OCH3 is 1. The average molecular weight is 323 g/mol. The fourth-order valence-corrected chi connectivity index (χ4v) is 2.65. The van der Waals surface area contributed by atoms with Crippen molar-refractivity contribution in [3.8, 4) is 11.1 Å². The van der Waals surface area contributed by atoms with Crippen LogP contribution < -0.4 is 0 Å². The van der Waals surface area contributed by atoms with Crippen molar-refractivity contribution in [1.29, 1.82) is 0 Å². The minimum atomic E-state index is -0.768. The Labute approximate surface area is 136 Å². The summed E-state index contributed by atoms with van der Waals surface area (Å²) in [4.78, 5) is 15.1. The largest absolute Gasteiger partial charge is 0.465 e. The van der Waals surface area contributed by atoms with E-state index in [4.69, 9.17) is 6.57 Å². The Balaban J connectivity index is 2.44. The van der Waals surface area contributed by atoms with E-state index >= 15 is 0 Å². The lowest BCUT2D eigenvalue weighted by molar-refractivity contribution is 0.0601. The van der Waals surface area contributed by atoms with Crippen LogP contribution >= 0.6 is 0 Å². The molecule has 0 atom stereocenters. The fraction of sp³-hybridized carbons (Fsp3) is 0.0526. The topological polar surface area (TPSA) is 30.7 Å². The van der Waals surface area contributed by atoms with Gasteiger partial charge in [0.25, 0.3) is 0 Å². The lowest BCUT2D eigenvalue weighted by atomic mass is 9.94. The lowest BCUT2D eigenvalue weighted by Crippen LogP contribution is -2.01. The van der Waals surface area contributed by atoms with E-state index in [-0.39, 0.29) is 22.4 Å². The number of ether oxygens (including phenoxy) is 1. The maximum Gasteiger partial charge on any atom is 0.337 e. The molecule has 0 unspecified atom stereocenters. The van der Waals surface area contributed by atoms with Crippen LogP contribution in [0.5, 0.6) is 0 Å². The molecule has 0 saturated carbocycles. The number of hydrogen-bond donors (Lipinski definition) is 0. The smallest absolute Gasteiger partial charge is 0.337 e. The van der Waals surface area contributed by atoms with Gasteiger partial charge in [0.2, 0.25) is 0 Å². The zero-order valence-corrected chi connectivity index (χ0v) is 12.6. The quantitative estimate of drug-likeness (QED) is 0.484. The Kier molecular flexibility index (Phi) is 3.97. The number of hydrogen-bond acceptors (Lipinski definition) is 2. The van der Waals surface area contributed by atoms with Crippen molar-refractivity contribution in [1.82, 2.24) is 0 Å². The van der Waals surface area contributed by atoms with Crippen molar-refractivity contribution in [2.45, 2.75) is 0 Å². The minimum absolute atomic E-state index is 0.105. The highest BCUT2D eigenvalue weighted by Gasteiger charge is 2.19. The van der Waals surface area contributed by atoms with Gasteiger partial charge in [-0.1, -0.05) is 24.3 Å². The van der Waals surface area contributed by atoms with Gasteiger partial charge >= 0.3 is 5.97 Å². The molecule has 0 heterocycles. The number of rotatable bonds is 2. The average Bonchev–Trinajstić information content (AvgIpc) is 2.60. The number of halogens is 2. The maximum atomic E-state index is 14.3. The molecule has 0 radical (unpaired) electrons. The van der Waals surface area contributed by atoms with E-state index < -0.39 is 17.6 Å². The molecule has 0 N–H and O–H groups in total. The second kappa shape index (κ2) is 6.09. The van der Waals surface area contributed by atoms with Crippen LogP contribution in [0.4, 0.5) is 14.5 Å². The lowest BCUT2D eigenvalue weighted by Gasteiger charge is -2.12. The molecule has 3 aromatic rings. The van der Waals surface area contributed by atoms with Crippen LogP contribution in [0.25, 0.3) is 26.7 Å². The first kappa shape index (κ1) is 15.6. The van der Waals surface area contributed by atoms with Gasteiger partial charge in [-0.3, -0.25) is 0 Å². The van der Waals surface area contributed by atoms with Crippen LogP contribution in [0.3, 0.4) is 0 Å². The van der Waals surface area contributed by atoms with Crippen molar-refractivity contribution in [2.24, 2.45) is 0 Å². The molecule has 0 amide bonds. The highest BCUT2D eigenvalue weighted by Crippen LogP contribution is 2.40. The number of esters is 1. The molecule has 0 spiro atoms. The number of nitrogens with zero attached hydrogens (tertiary/aromatic N) is 1. The molecule has 0 aliphatic heterocycles. The van der Waals surface area contributed by atoms with Crippen LogP contribution in [0, 0.1) is 18.2 Å². The Hall–Kier alpha value is -3.26. The van der Waals surface area contributed by atoms with E-state index in [1.165, 1.54) is 25.3 Å². The van der Waals surface area contributed by atoms with E-state index in [0.717, 1.165) is 12.1 Å². The molecule has 118 valence electrons. The Morgan fingerprint density at radius 1 is 1.04 bits per heavy atom. The van der Waals surface area contributed by atoms with Gasteiger partial charge in [-0.2, -0.15) is 0 Å². The summed E-state index contributed by atoms with van der Waals surface area (Å²) in [6.07, 6.45) is 0. The number of carbonyl (C=O) groups is 1. The second-order valence-corrected chi connectivity index (χ2v) is 5.10. The van der Waals surface area contributed by atoms with Gasteiger partial charge in [-0.05, 0) is 35.0 Å². The maximum absolute atomic E-state index is 14.3. The van der Waals surface area contributed by atoms with Crippen molar-refractivity contribution in [3.05, 3.63) is 77.1 Å². The number of fused-ring (bicyclic) bond motifs is 1. The summed E-state index contributed by atoms with van der Waals surface area (Å²) in [7, 11) is 1.25. The molecule has 24 heavy (non-hydrogen) atoms. The summed E-state index contributed by atoms with van der Waals surface area (Å²) in [5.41, 5.74) is 0.193. The molecular weight excluding hydrogens is 312 g/mol. The van der Waals surface area contributed by atoms with Crippen molar-refractivity contribution in [2.75, 3.05) is 7.11 Å². The Morgan fingerprint density at radius 3 is 2.33 bits per heavy atom.